The van der Waals surface area contributed by atoms with Crippen LogP contribution in [0.15, 0.2) is 38.0 Å². The van der Waals surface area contributed by atoms with E-state index in [1.54, 1.807) is 6.08 Å². The average Bonchev–Trinajstić information content (AvgIpc) is 1.91. The number of hydrogen-bond donors (Lipinski definition) is 1. The van der Waals surface area contributed by atoms with Crippen molar-refractivity contribution in [3.05, 3.63) is 38.0 Å². The first kappa shape index (κ1) is 11.9. The van der Waals surface area contributed by atoms with Gasteiger partial charge in [-0.2, -0.15) is 0 Å². The molecule has 1 heteroatoms. The van der Waals surface area contributed by atoms with Crippen molar-refractivity contribution in [2.45, 2.75) is 6.92 Å². The standard InChI is InChI=1S/C6H11N.C3H6/c1-3-5-7-6-4-2;1-3-2/h3-4,7H,1-2,5-6H2;3H,1H2,2H3/p+1. The zero-order valence-electron chi connectivity index (χ0n) is 6.84. The first-order valence-corrected chi connectivity index (χ1v) is 3.44. The van der Waals surface area contributed by atoms with Crippen molar-refractivity contribution in [3.63, 3.8) is 0 Å². The van der Waals surface area contributed by atoms with E-state index in [2.05, 4.69) is 25.1 Å². The number of allylic oxidation sites excluding steroid dienone is 1. The summed E-state index contributed by atoms with van der Waals surface area (Å²) in [6, 6.07) is 0. The fourth-order valence-electron chi connectivity index (χ4n) is 0.332. The summed E-state index contributed by atoms with van der Waals surface area (Å²) in [5.74, 6) is 0. The van der Waals surface area contributed by atoms with Crippen LogP contribution in [-0.4, -0.2) is 13.1 Å². The van der Waals surface area contributed by atoms with Crippen molar-refractivity contribution in [1.82, 2.24) is 0 Å². The fourth-order valence-corrected chi connectivity index (χ4v) is 0.332. The molecule has 0 saturated carbocycles. The summed E-state index contributed by atoms with van der Waals surface area (Å²) >= 11 is 0. The van der Waals surface area contributed by atoms with Crippen LogP contribution >= 0.6 is 0 Å². The average molecular weight is 140 g/mol. The van der Waals surface area contributed by atoms with E-state index in [1.165, 1.54) is 0 Å². The minimum Gasteiger partial charge on any atom is -0.340 e. The molecule has 0 aliphatic rings. The van der Waals surface area contributed by atoms with Crippen LogP contribution in [-0.2, 0) is 0 Å². The fraction of sp³-hybridized carbons (Fsp3) is 0.333. The Morgan fingerprint density at radius 3 is 1.60 bits per heavy atom. The quantitative estimate of drug-likeness (QED) is 0.445. The molecule has 0 bridgehead atoms. The Balaban J connectivity index is 0. The molecule has 0 aromatic heterocycles. The van der Waals surface area contributed by atoms with Crippen molar-refractivity contribution in [2.24, 2.45) is 0 Å². The van der Waals surface area contributed by atoms with E-state index in [1.807, 2.05) is 19.1 Å². The Bertz CT molecular complexity index is 76.7. The topological polar surface area (TPSA) is 16.6 Å². The maximum atomic E-state index is 3.57. The normalized spacial score (nSPS) is 6.90. The largest absolute Gasteiger partial charge is 0.340 e. The third kappa shape index (κ3) is 27.1. The highest BCUT2D eigenvalue weighted by Gasteiger charge is 1.73. The summed E-state index contributed by atoms with van der Waals surface area (Å²) in [7, 11) is 0. The Morgan fingerprint density at radius 1 is 1.10 bits per heavy atom. The maximum absolute atomic E-state index is 3.57. The monoisotopic (exact) mass is 140 g/mol. The van der Waals surface area contributed by atoms with Gasteiger partial charge < -0.3 is 5.32 Å². The van der Waals surface area contributed by atoms with Gasteiger partial charge in [-0.05, 0) is 19.1 Å². The molecule has 0 spiro atoms. The van der Waals surface area contributed by atoms with Gasteiger partial charge in [-0.25, -0.2) is 0 Å². The van der Waals surface area contributed by atoms with Gasteiger partial charge in [0.1, 0.15) is 0 Å². The number of nitrogens with two attached hydrogens (primary N) is 1. The predicted molar refractivity (Wildman–Crippen MR) is 47.9 cm³/mol. The summed E-state index contributed by atoms with van der Waals surface area (Å²) < 4.78 is 0. The minimum atomic E-state index is 0.992. The summed E-state index contributed by atoms with van der Waals surface area (Å²) in [4.78, 5) is 0. The summed E-state index contributed by atoms with van der Waals surface area (Å²) in [6.45, 7) is 14.4. The zero-order chi connectivity index (χ0) is 8.24. The SMILES string of the molecule is C=CC.C=CC[NH2+]CC=C. The van der Waals surface area contributed by atoms with Crippen molar-refractivity contribution < 1.29 is 5.32 Å². The molecule has 0 heterocycles. The smallest absolute Gasteiger partial charge is 0.0942 e. The molecule has 0 saturated heterocycles. The minimum absolute atomic E-state index is 0.992. The molecule has 1 nitrogen and oxygen atoms in total. The molecule has 0 unspecified atom stereocenters. The van der Waals surface area contributed by atoms with E-state index < -0.39 is 0 Å². The number of rotatable bonds is 4. The highest BCUT2D eigenvalue weighted by molar-refractivity contribution is 4.65. The molecular weight excluding hydrogens is 122 g/mol. The van der Waals surface area contributed by atoms with E-state index in [4.69, 9.17) is 0 Å². The lowest BCUT2D eigenvalue weighted by Gasteiger charge is -1.86. The molecule has 10 heavy (non-hydrogen) atoms. The van der Waals surface area contributed by atoms with Gasteiger partial charge in [-0.1, -0.05) is 19.2 Å². The van der Waals surface area contributed by atoms with Gasteiger partial charge in [-0.15, -0.1) is 6.58 Å². The molecule has 0 aliphatic carbocycles. The first-order valence-electron chi connectivity index (χ1n) is 3.44. The number of quaternary nitrogens is 1. The third-order valence-electron chi connectivity index (χ3n) is 0.667. The molecule has 58 valence electrons. The summed E-state index contributed by atoms with van der Waals surface area (Å²) in [5, 5.41) is 2.12. The van der Waals surface area contributed by atoms with Crippen LogP contribution in [0, 0.1) is 0 Å². The predicted octanol–water partition coefficient (Wildman–Crippen LogP) is 1.11. The van der Waals surface area contributed by atoms with Crippen molar-refractivity contribution in [2.75, 3.05) is 13.1 Å². The molecule has 0 aromatic carbocycles. The van der Waals surface area contributed by atoms with Gasteiger partial charge >= 0.3 is 0 Å². The van der Waals surface area contributed by atoms with Gasteiger partial charge in [-0.3, -0.25) is 0 Å². The molecule has 0 radical (unpaired) electrons. The second-order valence-corrected chi connectivity index (χ2v) is 1.75. The van der Waals surface area contributed by atoms with Crippen LogP contribution in [0.2, 0.25) is 0 Å². The molecule has 0 aromatic rings. The molecule has 2 N–H and O–H groups in total. The van der Waals surface area contributed by atoms with E-state index in [9.17, 15) is 0 Å². The Hall–Kier alpha value is -0.820. The van der Waals surface area contributed by atoms with Crippen LogP contribution in [0.1, 0.15) is 6.92 Å². The highest BCUT2D eigenvalue weighted by Crippen LogP contribution is 1.47. The maximum Gasteiger partial charge on any atom is 0.0942 e. The molecule has 0 atom stereocenters. The Morgan fingerprint density at radius 2 is 1.40 bits per heavy atom. The summed E-state index contributed by atoms with van der Waals surface area (Å²) in [6.07, 6.45) is 5.51. The van der Waals surface area contributed by atoms with Crippen LogP contribution < -0.4 is 5.32 Å². The van der Waals surface area contributed by atoms with Crippen LogP contribution in [0.5, 0.6) is 0 Å². The third-order valence-corrected chi connectivity index (χ3v) is 0.667. The van der Waals surface area contributed by atoms with Gasteiger partial charge in [0.2, 0.25) is 0 Å². The lowest BCUT2D eigenvalue weighted by Crippen LogP contribution is -2.83. The van der Waals surface area contributed by atoms with Crippen LogP contribution in [0.3, 0.4) is 0 Å². The second-order valence-electron chi connectivity index (χ2n) is 1.75. The van der Waals surface area contributed by atoms with Crippen LogP contribution in [0.4, 0.5) is 0 Å². The van der Waals surface area contributed by atoms with Crippen molar-refractivity contribution in [1.29, 1.82) is 0 Å². The molecule has 0 fully saturated rings. The second kappa shape index (κ2) is 15.7. The van der Waals surface area contributed by atoms with Gasteiger partial charge in [0.25, 0.3) is 0 Å². The van der Waals surface area contributed by atoms with E-state index in [-0.39, 0.29) is 0 Å². The Labute approximate surface area is 64.1 Å². The summed E-state index contributed by atoms with van der Waals surface area (Å²) in [5.41, 5.74) is 0. The van der Waals surface area contributed by atoms with E-state index in [0.717, 1.165) is 13.1 Å². The number of hydrogen-bond acceptors (Lipinski definition) is 0. The van der Waals surface area contributed by atoms with Gasteiger partial charge in [0.05, 0.1) is 13.1 Å². The van der Waals surface area contributed by atoms with Gasteiger partial charge in [0.15, 0.2) is 0 Å². The van der Waals surface area contributed by atoms with E-state index in [0.29, 0.717) is 0 Å². The lowest BCUT2D eigenvalue weighted by molar-refractivity contribution is -0.636. The van der Waals surface area contributed by atoms with Gasteiger partial charge in [0, 0.05) is 0 Å². The van der Waals surface area contributed by atoms with E-state index >= 15 is 0 Å². The Kier molecular flexibility index (Phi) is 18.7. The van der Waals surface area contributed by atoms with Crippen molar-refractivity contribution >= 4 is 0 Å². The molecule has 0 amide bonds. The molecular formula is C9H18N+. The molecule has 0 rings (SSSR count). The van der Waals surface area contributed by atoms with Crippen molar-refractivity contribution in [3.8, 4) is 0 Å². The molecule has 0 aliphatic heterocycles. The first-order chi connectivity index (χ1) is 4.83. The van der Waals surface area contributed by atoms with Crippen LogP contribution in [0.25, 0.3) is 0 Å². The lowest BCUT2D eigenvalue weighted by atomic mass is 10.5. The zero-order valence-corrected chi connectivity index (χ0v) is 6.84. The highest BCUT2D eigenvalue weighted by atomic mass is 14.8.